The second kappa shape index (κ2) is 6.33. The summed E-state index contributed by atoms with van der Waals surface area (Å²) in [5.74, 6) is 0.899. The van der Waals surface area contributed by atoms with Gasteiger partial charge in [0.05, 0.1) is 24.4 Å². The van der Waals surface area contributed by atoms with Crippen LogP contribution in [0.2, 0.25) is 0 Å². The van der Waals surface area contributed by atoms with Gasteiger partial charge >= 0.3 is 0 Å². The van der Waals surface area contributed by atoms with E-state index in [-0.39, 0.29) is 11.7 Å². The SMILES string of the molecule is COc1c(Br)cc(CS(=O)(=O)Cl)c(C(C)C)c1OC. The first-order valence-corrected chi connectivity index (χ1v) is 8.84. The van der Waals surface area contributed by atoms with Gasteiger partial charge in [-0.25, -0.2) is 8.42 Å². The lowest BCUT2D eigenvalue weighted by Crippen LogP contribution is -2.06. The lowest BCUT2D eigenvalue weighted by molar-refractivity contribution is 0.348. The Hall–Kier alpha value is -0.460. The van der Waals surface area contributed by atoms with Crippen molar-refractivity contribution in [2.75, 3.05) is 14.2 Å². The molecular weight excluding hydrogens is 356 g/mol. The molecule has 0 bridgehead atoms. The average molecular weight is 372 g/mol. The van der Waals surface area contributed by atoms with Gasteiger partial charge in [-0.15, -0.1) is 0 Å². The molecule has 0 N–H and O–H groups in total. The third-order valence-corrected chi connectivity index (χ3v) is 4.20. The third-order valence-electron chi connectivity index (χ3n) is 2.63. The minimum absolute atomic E-state index is 0.0744. The predicted octanol–water partition coefficient (Wildman–Crippen LogP) is 3.66. The first-order valence-electron chi connectivity index (χ1n) is 5.56. The molecule has 0 heterocycles. The molecule has 0 aromatic heterocycles. The molecule has 0 radical (unpaired) electrons. The molecule has 0 unspecified atom stereocenters. The van der Waals surface area contributed by atoms with Gasteiger partial charge in [-0.05, 0) is 33.5 Å². The van der Waals surface area contributed by atoms with Crippen molar-refractivity contribution in [3.05, 3.63) is 21.7 Å². The van der Waals surface area contributed by atoms with E-state index in [2.05, 4.69) is 15.9 Å². The highest BCUT2D eigenvalue weighted by Crippen LogP contribution is 2.43. The zero-order valence-electron chi connectivity index (χ0n) is 11.2. The van der Waals surface area contributed by atoms with Gasteiger partial charge in [0.15, 0.2) is 11.5 Å². The Kier molecular flexibility index (Phi) is 5.53. The number of halogens is 2. The van der Waals surface area contributed by atoms with Crippen LogP contribution in [0.3, 0.4) is 0 Å². The Bertz CT molecular complexity index is 570. The molecule has 7 heteroatoms. The molecule has 0 saturated carbocycles. The molecule has 4 nitrogen and oxygen atoms in total. The minimum Gasteiger partial charge on any atom is -0.493 e. The molecule has 1 aromatic rings. The van der Waals surface area contributed by atoms with Gasteiger partial charge in [0, 0.05) is 16.2 Å². The molecule has 0 aliphatic heterocycles. The fourth-order valence-corrected chi connectivity index (χ4v) is 3.59. The summed E-state index contributed by atoms with van der Waals surface area (Å²) in [6, 6.07) is 1.70. The van der Waals surface area contributed by atoms with Crippen molar-refractivity contribution in [1.29, 1.82) is 0 Å². The van der Waals surface area contributed by atoms with E-state index in [1.54, 1.807) is 6.07 Å². The molecule has 0 fully saturated rings. The summed E-state index contributed by atoms with van der Waals surface area (Å²) < 4.78 is 33.9. The zero-order chi connectivity index (χ0) is 14.8. The van der Waals surface area contributed by atoms with E-state index >= 15 is 0 Å². The van der Waals surface area contributed by atoms with Gasteiger partial charge in [0.2, 0.25) is 9.05 Å². The molecule has 1 rings (SSSR count). The van der Waals surface area contributed by atoms with Crippen molar-refractivity contribution in [2.45, 2.75) is 25.5 Å². The molecule has 0 atom stereocenters. The summed E-state index contributed by atoms with van der Waals surface area (Å²) >= 11 is 3.35. The van der Waals surface area contributed by atoms with Gasteiger partial charge in [0.25, 0.3) is 0 Å². The summed E-state index contributed by atoms with van der Waals surface area (Å²) in [5, 5.41) is 0. The summed E-state index contributed by atoms with van der Waals surface area (Å²) in [6.45, 7) is 3.91. The maximum Gasteiger partial charge on any atom is 0.236 e. The first-order chi connectivity index (χ1) is 8.71. The van der Waals surface area contributed by atoms with Crippen molar-refractivity contribution in [2.24, 2.45) is 0 Å². The second-order valence-corrected chi connectivity index (χ2v) is 7.97. The second-order valence-electron chi connectivity index (χ2n) is 4.34. The summed E-state index contributed by atoms with van der Waals surface area (Å²) in [4.78, 5) is 0. The molecule has 19 heavy (non-hydrogen) atoms. The van der Waals surface area contributed by atoms with Crippen LogP contribution in [0.15, 0.2) is 10.5 Å². The maximum absolute atomic E-state index is 11.3. The van der Waals surface area contributed by atoms with Crippen LogP contribution >= 0.6 is 26.6 Å². The summed E-state index contributed by atoms with van der Waals surface area (Å²) in [5.41, 5.74) is 1.39. The molecule has 0 saturated heterocycles. The Labute approximate surface area is 126 Å². The lowest BCUT2D eigenvalue weighted by Gasteiger charge is -2.20. The van der Waals surface area contributed by atoms with Gasteiger partial charge in [-0.1, -0.05) is 13.8 Å². The molecule has 0 amide bonds. The Morgan fingerprint density at radius 2 is 1.79 bits per heavy atom. The maximum atomic E-state index is 11.3. The van der Waals surface area contributed by atoms with Crippen molar-refractivity contribution in [3.63, 3.8) is 0 Å². The summed E-state index contributed by atoms with van der Waals surface area (Å²) in [7, 11) is 4.77. The molecule has 0 spiro atoms. The van der Waals surface area contributed by atoms with Crippen molar-refractivity contribution >= 4 is 35.7 Å². The van der Waals surface area contributed by atoms with Crippen LogP contribution in [-0.2, 0) is 14.8 Å². The number of methoxy groups -OCH3 is 2. The zero-order valence-corrected chi connectivity index (χ0v) is 14.3. The third kappa shape index (κ3) is 4.00. The van der Waals surface area contributed by atoms with Crippen LogP contribution in [0.5, 0.6) is 11.5 Å². The van der Waals surface area contributed by atoms with Crippen LogP contribution in [0.25, 0.3) is 0 Å². The van der Waals surface area contributed by atoms with Crippen LogP contribution in [0, 0.1) is 0 Å². The average Bonchev–Trinajstić information content (AvgIpc) is 2.25. The Morgan fingerprint density at radius 1 is 1.26 bits per heavy atom. The largest absolute Gasteiger partial charge is 0.493 e. The number of hydrogen-bond acceptors (Lipinski definition) is 4. The standard InChI is InChI=1S/C12H16BrClO4S/c1-7(2)10-8(6-19(14,15)16)5-9(13)11(17-3)12(10)18-4/h5,7H,6H2,1-4H3. The van der Waals surface area contributed by atoms with Crippen molar-refractivity contribution < 1.29 is 17.9 Å². The smallest absolute Gasteiger partial charge is 0.236 e. The first kappa shape index (κ1) is 16.6. The Balaban J connectivity index is 3.59. The number of hydrogen-bond donors (Lipinski definition) is 0. The fourth-order valence-electron chi connectivity index (χ4n) is 2.00. The monoisotopic (exact) mass is 370 g/mol. The quantitative estimate of drug-likeness (QED) is 0.741. The number of benzene rings is 1. The van der Waals surface area contributed by atoms with Crippen molar-refractivity contribution in [1.82, 2.24) is 0 Å². The van der Waals surface area contributed by atoms with Gasteiger partial charge in [0.1, 0.15) is 0 Å². The van der Waals surface area contributed by atoms with Gasteiger partial charge in [-0.3, -0.25) is 0 Å². The van der Waals surface area contributed by atoms with E-state index in [4.69, 9.17) is 20.2 Å². The van der Waals surface area contributed by atoms with E-state index in [0.29, 0.717) is 21.5 Å². The van der Waals surface area contributed by atoms with Crippen molar-refractivity contribution in [3.8, 4) is 11.5 Å². The topological polar surface area (TPSA) is 52.6 Å². The van der Waals surface area contributed by atoms with Crippen LogP contribution in [0.4, 0.5) is 0 Å². The number of rotatable bonds is 5. The normalized spacial score (nSPS) is 11.7. The van der Waals surface area contributed by atoms with E-state index in [1.807, 2.05) is 13.8 Å². The van der Waals surface area contributed by atoms with E-state index < -0.39 is 9.05 Å². The van der Waals surface area contributed by atoms with Crippen LogP contribution in [0.1, 0.15) is 30.9 Å². The van der Waals surface area contributed by atoms with Gasteiger partial charge < -0.3 is 9.47 Å². The highest BCUT2D eigenvalue weighted by molar-refractivity contribution is 9.10. The molecule has 0 aliphatic rings. The fraction of sp³-hybridized carbons (Fsp3) is 0.500. The predicted molar refractivity (Wildman–Crippen MR) is 79.8 cm³/mol. The lowest BCUT2D eigenvalue weighted by atomic mass is 9.96. The van der Waals surface area contributed by atoms with Gasteiger partial charge in [-0.2, -0.15) is 0 Å². The van der Waals surface area contributed by atoms with Crippen LogP contribution < -0.4 is 9.47 Å². The van der Waals surface area contributed by atoms with Crippen LogP contribution in [-0.4, -0.2) is 22.6 Å². The molecular formula is C12H16BrClO4S. The Morgan fingerprint density at radius 3 is 2.16 bits per heavy atom. The number of ether oxygens (including phenoxy) is 2. The highest BCUT2D eigenvalue weighted by Gasteiger charge is 2.23. The molecule has 0 aliphatic carbocycles. The van der Waals surface area contributed by atoms with E-state index in [0.717, 1.165) is 5.56 Å². The summed E-state index contributed by atoms with van der Waals surface area (Å²) in [6.07, 6.45) is 0. The van der Waals surface area contributed by atoms with E-state index in [9.17, 15) is 8.42 Å². The highest BCUT2D eigenvalue weighted by atomic mass is 79.9. The van der Waals surface area contributed by atoms with E-state index in [1.165, 1.54) is 14.2 Å². The molecule has 108 valence electrons. The molecule has 1 aromatic carbocycles. The minimum atomic E-state index is -3.64.